The molecule has 0 amide bonds. The predicted octanol–water partition coefficient (Wildman–Crippen LogP) is 1.37. The Balaban J connectivity index is 1.67. The third-order valence-electron chi connectivity index (χ3n) is 4.15. The zero-order valence-corrected chi connectivity index (χ0v) is 15.4. The van der Waals surface area contributed by atoms with Gasteiger partial charge in [-0.1, -0.05) is 0 Å². The van der Waals surface area contributed by atoms with Gasteiger partial charge in [0.15, 0.2) is 5.82 Å². The number of aryl methyl sites for hydroxylation is 1. The van der Waals surface area contributed by atoms with Crippen molar-refractivity contribution in [2.24, 2.45) is 0 Å². The van der Waals surface area contributed by atoms with Crippen molar-refractivity contribution in [2.45, 2.75) is 19.5 Å². The fourth-order valence-corrected chi connectivity index (χ4v) is 4.26. The average molecular weight is 404 g/mol. The van der Waals surface area contributed by atoms with Crippen LogP contribution in [0.4, 0.5) is 19.0 Å². The molecule has 3 heterocycles. The summed E-state index contributed by atoms with van der Waals surface area (Å²) in [5.41, 5.74) is 0. The smallest absolute Gasteiger partial charge is 0.354 e. The van der Waals surface area contributed by atoms with Crippen LogP contribution in [0, 0.1) is 6.92 Å². The third-order valence-corrected chi connectivity index (χ3v) is 6.02. The quantitative estimate of drug-likeness (QED) is 0.749. The highest BCUT2D eigenvalue weighted by Crippen LogP contribution is 2.23. The van der Waals surface area contributed by atoms with Gasteiger partial charge in [-0.2, -0.15) is 22.6 Å². The Labute approximate surface area is 154 Å². The molecule has 27 heavy (non-hydrogen) atoms. The van der Waals surface area contributed by atoms with Crippen LogP contribution >= 0.6 is 0 Å². The van der Waals surface area contributed by atoms with Crippen molar-refractivity contribution < 1.29 is 21.6 Å². The van der Waals surface area contributed by atoms with E-state index >= 15 is 0 Å². The van der Waals surface area contributed by atoms with Crippen molar-refractivity contribution in [3.63, 3.8) is 0 Å². The summed E-state index contributed by atoms with van der Waals surface area (Å²) in [6, 6.07) is 3.51. The van der Waals surface area contributed by atoms with Gasteiger partial charge < -0.3 is 4.90 Å². The SMILES string of the molecule is Cc1nc(N2CCN(S(=O)(=O)CCC(F)(F)F)CC2)cc(-n2cccn2)n1. The minimum absolute atomic E-state index is 0.111. The molecule has 1 fully saturated rings. The lowest BCUT2D eigenvalue weighted by Gasteiger charge is -2.34. The Morgan fingerprint density at radius 3 is 2.37 bits per heavy atom. The molecule has 0 N–H and O–H groups in total. The summed E-state index contributed by atoms with van der Waals surface area (Å²) in [6.45, 7) is 2.63. The number of hydrogen-bond donors (Lipinski definition) is 0. The molecule has 0 bridgehead atoms. The third kappa shape index (κ3) is 4.95. The van der Waals surface area contributed by atoms with Crippen molar-refractivity contribution in [3.05, 3.63) is 30.4 Å². The van der Waals surface area contributed by atoms with E-state index in [1.807, 2.05) is 4.90 Å². The molecule has 0 aromatic carbocycles. The maximum absolute atomic E-state index is 12.3. The van der Waals surface area contributed by atoms with E-state index in [4.69, 9.17) is 0 Å². The minimum atomic E-state index is -4.49. The van der Waals surface area contributed by atoms with E-state index in [9.17, 15) is 21.6 Å². The summed E-state index contributed by atoms with van der Waals surface area (Å²) in [5, 5.41) is 4.13. The molecule has 8 nitrogen and oxygen atoms in total. The lowest BCUT2D eigenvalue weighted by atomic mass is 10.3. The van der Waals surface area contributed by atoms with Crippen LogP contribution in [-0.4, -0.2) is 70.6 Å². The second-order valence-corrected chi connectivity index (χ2v) is 8.24. The lowest BCUT2D eigenvalue weighted by Crippen LogP contribution is -2.49. The highest BCUT2D eigenvalue weighted by molar-refractivity contribution is 7.89. The fraction of sp³-hybridized carbons (Fsp3) is 0.533. The Morgan fingerprint density at radius 1 is 1.11 bits per heavy atom. The van der Waals surface area contributed by atoms with Crippen molar-refractivity contribution in [3.8, 4) is 5.82 Å². The van der Waals surface area contributed by atoms with E-state index in [1.165, 1.54) is 0 Å². The van der Waals surface area contributed by atoms with Gasteiger partial charge in [-0.05, 0) is 13.0 Å². The zero-order chi connectivity index (χ0) is 19.7. The molecule has 2 aromatic rings. The molecule has 0 radical (unpaired) electrons. The van der Waals surface area contributed by atoms with Crippen LogP contribution in [0.15, 0.2) is 24.5 Å². The summed E-state index contributed by atoms with van der Waals surface area (Å²) < 4.78 is 63.9. The van der Waals surface area contributed by atoms with Gasteiger partial charge in [-0.25, -0.2) is 23.1 Å². The molecule has 1 aliphatic rings. The first-order valence-corrected chi connectivity index (χ1v) is 9.90. The molecule has 0 unspecified atom stereocenters. The van der Waals surface area contributed by atoms with Gasteiger partial charge in [0.2, 0.25) is 10.0 Å². The predicted molar refractivity (Wildman–Crippen MR) is 92.1 cm³/mol. The van der Waals surface area contributed by atoms with Crippen molar-refractivity contribution in [2.75, 3.05) is 36.8 Å². The zero-order valence-electron chi connectivity index (χ0n) is 14.6. The first-order chi connectivity index (χ1) is 12.6. The first kappa shape index (κ1) is 19.5. The summed E-state index contributed by atoms with van der Waals surface area (Å²) in [4.78, 5) is 10.6. The molecule has 2 aromatic heterocycles. The molecular weight excluding hydrogens is 385 g/mol. The topological polar surface area (TPSA) is 84.2 Å². The number of alkyl halides is 3. The molecule has 1 saturated heterocycles. The standard InChI is InChI=1S/C15H19F3N6O2S/c1-12-20-13(11-14(21-12)24-5-2-4-19-24)22-6-8-23(9-7-22)27(25,26)10-3-15(16,17)18/h2,4-5,11H,3,6-10H2,1H3. The van der Waals surface area contributed by atoms with Gasteiger partial charge in [0.25, 0.3) is 0 Å². The lowest BCUT2D eigenvalue weighted by molar-refractivity contribution is -0.130. The van der Waals surface area contributed by atoms with Crippen LogP contribution in [-0.2, 0) is 10.0 Å². The van der Waals surface area contributed by atoms with Crippen LogP contribution in [0.1, 0.15) is 12.2 Å². The minimum Gasteiger partial charge on any atom is -0.354 e. The molecule has 0 saturated carbocycles. The number of sulfonamides is 1. The summed E-state index contributed by atoms with van der Waals surface area (Å²) in [5.74, 6) is 0.827. The van der Waals surface area contributed by atoms with E-state index in [-0.39, 0.29) is 13.1 Å². The monoisotopic (exact) mass is 404 g/mol. The molecule has 3 rings (SSSR count). The van der Waals surface area contributed by atoms with Gasteiger partial charge in [0, 0.05) is 44.6 Å². The number of anilines is 1. The Morgan fingerprint density at radius 2 is 1.78 bits per heavy atom. The summed E-state index contributed by atoms with van der Waals surface area (Å²) >= 11 is 0. The van der Waals surface area contributed by atoms with Gasteiger partial charge >= 0.3 is 6.18 Å². The normalized spacial score (nSPS) is 16.7. The van der Waals surface area contributed by atoms with E-state index in [0.29, 0.717) is 30.5 Å². The van der Waals surface area contributed by atoms with E-state index in [2.05, 4.69) is 15.1 Å². The molecule has 1 aliphatic heterocycles. The molecule has 0 atom stereocenters. The van der Waals surface area contributed by atoms with E-state index in [0.717, 1.165) is 4.31 Å². The van der Waals surface area contributed by atoms with Gasteiger partial charge in [-0.15, -0.1) is 0 Å². The van der Waals surface area contributed by atoms with Gasteiger partial charge in [-0.3, -0.25) is 0 Å². The highest BCUT2D eigenvalue weighted by Gasteiger charge is 2.34. The van der Waals surface area contributed by atoms with Crippen LogP contribution in [0.2, 0.25) is 0 Å². The average Bonchev–Trinajstić information content (AvgIpc) is 3.14. The molecule has 12 heteroatoms. The van der Waals surface area contributed by atoms with Crippen molar-refractivity contribution >= 4 is 15.8 Å². The van der Waals surface area contributed by atoms with Crippen LogP contribution in [0.5, 0.6) is 0 Å². The van der Waals surface area contributed by atoms with Crippen molar-refractivity contribution in [1.29, 1.82) is 0 Å². The van der Waals surface area contributed by atoms with Crippen LogP contribution in [0.3, 0.4) is 0 Å². The Kier molecular flexibility index (Phi) is 5.38. The van der Waals surface area contributed by atoms with Crippen LogP contribution in [0.25, 0.3) is 5.82 Å². The van der Waals surface area contributed by atoms with Gasteiger partial charge in [0.05, 0.1) is 12.2 Å². The Hall–Kier alpha value is -2.21. The number of halogens is 3. The van der Waals surface area contributed by atoms with Crippen LogP contribution < -0.4 is 4.90 Å². The molecule has 148 valence electrons. The Bertz CT molecular complexity index is 877. The maximum Gasteiger partial charge on any atom is 0.390 e. The highest BCUT2D eigenvalue weighted by atomic mass is 32.2. The first-order valence-electron chi connectivity index (χ1n) is 8.29. The molecular formula is C15H19F3N6O2S. The molecule has 0 aliphatic carbocycles. The van der Waals surface area contributed by atoms with Gasteiger partial charge in [0.1, 0.15) is 11.6 Å². The number of piperazine rings is 1. The maximum atomic E-state index is 12.3. The number of aromatic nitrogens is 4. The molecule has 0 spiro atoms. The summed E-state index contributed by atoms with van der Waals surface area (Å²) in [7, 11) is -3.93. The van der Waals surface area contributed by atoms with Crippen molar-refractivity contribution in [1.82, 2.24) is 24.1 Å². The number of nitrogens with zero attached hydrogens (tertiary/aromatic N) is 6. The number of rotatable bonds is 5. The summed E-state index contributed by atoms with van der Waals surface area (Å²) in [6.07, 6.45) is -2.46. The largest absolute Gasteiger partial charge is 0.390 e. The second kappa shape index (κ2) is 7.43. The van der Waals surface area contributed by atoms with E-state index < -0.39 is 28.4 Å². The fourth-order valence-electron chi connectivity index (χ4n) is 2.79. The van der Waals surface area contributed by atoms with E-state index in [1.54, 1.807) is 36.1 Å². The second-order valence-electron chi connectivity index (χ2n) is 6.15. The number of hydrogen-bond acceptors (Lipinski definition) is 6.